The molecule has 3 heteroatoms. The molecule has 13 heavy (non-hydrogen) atoms. The summed E-state index contributed by atoms with van der Waals surface area (Å²) in [7, 11) is 0. The van der Waals surface area contributed by atoms with E-state index in [4.69, 9.17) is 5.11 Å². The predicted molar refractivity (Wildman–Crippen MR) is 46.0 cm³/mol. The summed E-state index contributed by atoms with van der Waals surface area (Å²) >= 11 is 0. The Morgan fingerprint density at radius 1 is 1.23 bits per heavy atom. The molecule has 1 atom stereocenters. The van der Waals surface area contributed by atoms with Crippen molar-refractivity contribution in [2.45, 2.75) is 5.92 Å². The quantitative estimate of drug-likeness (QED) is 0.663. The summed E-state index contributed by atoms with van der Waals surface area (Å²) < 4.78 is 4.51. The van der Waals surface area contributed by atoms with Crippen LogP contribution in [0.1, 0.15) is 11.5 Å². The van der Waals surface area contributed by atoms with E-state index in [2.05, 4.69) is 4.74 Å². The molecular formula is C10H8O3. The highest BCUT2D eigenvalue weighted by Gasteiger charge is 2.28. The summed E-state index contributed by atoms with van der Waals surface area (Å²) in [5.74, 6) is -1.19. The van der Waals surface area contributed by atoms with Crippen molar-refractivity contribution in [3.63, 3.8) is 0 Å². The zero-order chi connectivity index (χ0) is 9.26. The number of carbonyl (C=O) groups excluding carboxylic acids is 1. The van der Waals surface area contributed by atoms with Gasteiger partial charge in [0, 0.05) is 6.08 Å². The van der Waals surface area contributed by atoms with Gasteiger partial charge in [-0.25, -0.2) is 0 Å². The Hall–Kier alpha value is -1.77. The SMILES string of the molecule is O=C1OC(O)=CC1c1ccccc1. The fraction of sp³-hybridized carbons (Fsp3) is 0.100. The summed E-state index contributed by atoms with van der Waals surface area (Å²) in [6.45, 7) is 0. The minimum Gasteiger partial charge on any atom is -0.481 e. The van der Waals surface area contributed by atoms with Crippen LogP contribution in [-0.4, -0.2) is 11.1 Å². The van der Waals surface area contributed by atoms with Gasteiger partial charge in [-0.2, -0.15) is 0 Å². The largest absolute Gasteiger partial charge is 0.481 e. The minimum absolute atomic E-state index is 0.307. The number of aliphatic hydroxyl groups is 1. The lowest BCUT2D eigenvalue weighted by molar-refractivity contribution is -0.140. The van der Waals surface area contributed by atoms with Crippen LogP contribution in [0.25, 0.3) is 0 Å². The summed E-state index contributed by atoms with van der Waals surface area (Å²) in [6, 6.07) is 9.19. The summed E-state index contributed by atoms with van der Waals surface area (Å²) in [4.78, 5) is 11.2. The number of cyclic esters (lactones) is 1. The molecule has 1 aromatic carbocycles. The second-order valence-corrected chi connectivity index (χ2v) is 2.81. The van der Waals surface area contributed by atoms with Gasteiger partial charge in [-0.3, -0.25) is 4.79 Å². The number of ether oxygens (including phenoxy) is 1. The van der Waals surface area contributed by atoms with E-state index in [1.165, 1.54) is 6.08 Å². The first-order valence-corrected chi connectivity index (χ1v) is 3.95. The van der Waals surface area contributed by atoms with Gasteiger partial charge in [-0.15, -0.1) is 0 Å². The van der Waals surface area contributed by atoms with Gasteiger partial charge < -0.3 is 9.84 Å². The third-order valence-corrected chi connectivity index (χ3v) is 1.93. The van der Waals surface area contributed by atoms with Crippen molar-refractivity contribution >= 4 is 5.97 Å². The highest BCUT2D eigenvalue weighted by Crippen LogP contribution is 2.25. The Morgan fingerprint density at radius 3 is 2.46 bits per heavy atom. The molecule has 0 spiro atoms. The first-order valence-electron chi connectivity index (χ1n) is 3.95. The first-order chi connectivity index (χ1) is 6.27. The van der Waals surface area contributed by atoms with E-state index in [1.54, 1.807) is 0 Å². The zero-order valence-electron chi connectivity index (χ0n) is 6.81. The number of hydrogen-bond donors (Lipinski definition) is 1. The van der Waals surface area contributed by atoms with Crippen LogP contribution in [0, 0.1) is 0 Å². The molecule has 0 fully saturated rings. The standard InChI is InChI=1S/C10H8O3/c11-9-6-8(10(12)13-9)7-4-2-1-3-5-7/h1-6,8,11H. The first kappa shape index (κ1) is 7.86. The molecule has 0 saturated heterocycles. The van der Waals surface area contributed by atoms with Crippen LogP contribution in [0.5, 0.6) is 0 Å². The van der Waals surface area contributed by atoms with Crippen LogP contribution in [0.4, 0.5) is 0 Å². The molecule has 0 radical (unpaired) electrons. The van der Waals surface area contributed by atoms with Crippen LogP contribution in [0.2, 0.25) is 0 Å². The zero-order valence-corrected chi connectivity index (χ0v) is 6.81. The molecule has 0 bridgehead atoms. The Labute approximate surface area is 75.3 Å². The van der Waals surface area contributed by atoms with Crippen molar-refractivity contribution in [3.8, 4) is 0 Å². The van der Waals surface area contributed by atoms with Gasteiger partial charge in [0.2, 0.25) is 0 Å². The van der Waals surface area contributed by atoms with E-state index < -0.39 is 11.9 Å². The van der Waals surface area contributed by atoms with Crippen molar-refractivity contribution in [2.75, 3.05) is 0 Å². The summed E-state index contributed by atoms with van der Waals surface area (Å²) in [5.41, 5.74) is 0.830. The summed E-state index contributed by atoms with van der Waals surface area (Å²) in [5, 5.41) is 8.95. The van der Waals surface area contributed by atoms with E-state index in [1.807, 2.05) is 30.3 Å². The fourth-order valence-corrected chi connectivity index (χ4v) is 1.30. The molecule has 66 valence electrons. The monoisotopic (exact) mass is 176 g/mol. The Morgan fingerprint density at radius 2 is 1.92 bits per heavy atom. The molecule has 1 heterocycles. The lowest BCUT2D eigenvalue weighted by Gasteiger charge is -2.02. The Balaban J connectivity index is 2.33. The molecule has 2 rings (SSSR count). The number of esters is 1. The van der Waals surface area contributed by atoms with Gasteiger partial charge in [0.15, 0.2) is 0 Å². The van der Waals surface area contributed by atoms with Crippen molar-refractivity contribution in [2.24, 2.45) is 0 Å². The Kier molecular flexibility index (Phi) is 1.77. The van der Waals surface area contributed by atoms with Gasteiger partial charge in [-0.05, 0) is 5.56 Å². The van der Waals surface area contributed by atoms with E-state index in [0.717, 1.165) is 5.56 Å². The molecule has 1 aromatic rings. The van der Waals surface area contributed by atoms with Gasteiger partial charge in [0.25, 0.3) is 5.95 Å². The third-order valence-electron chi connectivity index (χ3n) is 1.93. The predicted octanol–water partition coefficient (Wildman–Crippen LogP) is 1.73. The number of carbonyl (C=O) groups is 1. The van der Waals surface area contributed by atoms with Crippen LogP contribution < -0.4 is 0 Å². The molecule has 0 amide bonds. The number of aliphatic hydroxyl groups excluding tert-OH is 1. The van der Waals surface area contributed by atoms with E-state index in [9.17, 15) is 4.79 Å². The average Bonchev–Trinajstić information content (AvgIpc) is 2.47. The van der Waals surface area contributed by atoms with Gasteiger partial charge in [0.1, 0.15) is 5.92 Å². The number of benzene rings is 1. The maximum Gasteiger partial charge on any atom is 0.325 e. The van der Waals surface area contributed by atoms with Crippen LogP contribution in [0.3, 0.4) is 0 Å². The number of hydrogen-bond acceptors (Lipinski definition) is 3. The van der Waals surface area contributed by atoms with Crippen LogP contribution in [0.15, 0.2) is 42.4 Å². The van der Waals surface area contributed by atoms with Crippen LogP contribution >= 0.6 is 0 Å². The molecule has 0 saturated carbocycles. The van der Waals surface area contributed by atoms with Crippen molar-refractivity contribution in [3.05, 3.63) is 47.9 Å². The number of rotatable bonds is 1. The lowest BCUT2D eigenvalue weighted by atomic mass is 10.0. The van der Waals surface area contributed by atoms with Crippen molar-refractivity contribution in [1.29, 1.82) is 0 Å². The topological polar surface area (TPSA) is 46.5 Å². The average molecular weight is 176 g/mol. The normalized spacial score (nSPS) is 21.1. The Bertz CT molecular complexity index is 354. The van der Waals surface area contributed by atoms with Gasteiger partial charge in [-0.1, -0.05) is 30.3 Å². The highest BCUT2D eigenvalue weighted by molar-refractivity contribution is 5.83. The maximum absolute atomic E-state index is 11.2. The molecule has 1 aliphatic rings. The molecule has 0 aliphatic carbocycles. The fourth-order valence-electron chi connectivity index (χ4n) is 1.30. The smallest absolute Gasteiger partial charge is 0.325 e. The molecule has 0 aromatic heterocycles. The summed E-state index contributed by atoms with van der Waals surface area (Å²) in [6.07, 6.45) is 1.40. The molecule has 1 unspecified atom stereocenters. The van der Waals surface area contributed by atoms with E-state index in [0.29, 0.717) is 0 Å². The van der Waals surface area contributed by atoms with E-state index in [-0.39, 0.29) is 5.95 Å². The molecule has 3 nitrogen and oxygen atoms in total. The minimum atomic E-state index is -0.457. The van der Waals surface area contributed by atoms with Crippen molar-refractivity contribution < 1.29 is 14.6 Å². The van der Waals surface area contributed by atoms with Crippen molar-refractivity contribution in [1.82, 2.24) is 0 Å². The van der Waals surface area contributed by atoms with E-state index >= 15 is 0 Å². The lowest BCUT2D eigenvalue weighted by Crippen LogP contribution is -2.06. The van der Waals surface area contributed by atoms with Gasteiger partial charge in [0.05, 0.1) is 0 Å². The molecular weight excluding hydrogens is 168 g/mol. The molecule has 1 N–H and O–H groups in total. The molecule has 1 aliphatic heterocycles. The van der Waals surface area contributed by atoms with Crippen LogP contribution in [-0.2, 0) is 9.53 Å². The second kappa shape index (κ2) is 2.94. The van der Waals surface area contributed by atoms with Gasteiger partial charge >= 0.3 is 5.97 Å². The highest BCUT2D eigenvalue weighted by atomic mass is 16.6. The third kappa shape index (κ3) is 1.40. The second-order valence-electron chi connectivity index (χ2n) is 2.81. The maximum atomic E-state index is 11.2.